The van der Waals surface area contributed by atoms with Crippen molar-refractivity contribution < 1.29 is 4.79 Å². The van der Waals surface area contributed by atoms with E-state index in [4.69, 9.17) is 11.6 Å². The first-order valence-electron chi connectivity index (χ1n) is 9.85. The Morgan fingerprint density at radius 2 is 1.93 bits per heavy atom. The molecule has 5 heteroatoms. The number of rotatable bonds is 3. The van der Waals surface area contributed by atoms with Crippen molar-refractivity contribution >= 4 is 35.1 Å². The summed E-state index contributed by atoms with van der Waals surface area (Å²) in [7, 11) is 1.81. The van der Waals surface area contributed by atoms with Crippen LogP contribution in [0.4, 0.5) is 11.4 Å². The Hall–Kier alpha value is -2.17. The third-order valence-electron chi connectivity index (χ3n) is 6.12. The highest BCUT2D eigenvalue weighted by molar-refractivity contribution is 6.34. The van der Waals surface area contributed by atoms with Gasteiger partial charge in [0.15, 0.2) is 6.29 Å². The summed E-state index contributed by atoms with van der Waals surface area (Å²) in [6.45, 7) is 6.48. The SMILES string of the molecule is CN=C1N(c2cccc(Cl)c2C=O)c2cc(C3CCNCC3)ccc2C1(C)C. The maximum absolute atomic E-state index is 11.8. The molecule has 28 heavy (non-hydrogen) atoms. The standard InChI is InChI=1S/C23H26ClN3O/c1-23(2)18-8-7-16(15-9-11-26-12-10-15)13-21(18)27(22(23)25-3)20-6-4-5-19(24)17(20)14-28/h4-8,13-15,26H,9-12H2,1-3H3. The van der Waals surface area contributed by atoms with Crippen LogP contribution in [-0.4, -0.2) is 32.3 Å². The number of nitrogens with one attached hydrogen (secondary N) is 1. The Morgan fingerprint density at radius 1 is 1.18 bits per heavy atom. The fourth-order valence-corrected chi connectivity index (χ4v) is 4.86. The number of carbonyl (C=O) groups excluding carboxylic acids is 1. The summed E-state index contributed by atoms with van der Waals surface area (Å²) in [6, 6.07) is 12.4. The van der Waals surface area contributed by atoms with Crippen LogP contribution in [0.1, 0.15) is 54.1 Å². The number of amidine groups is 1. The van der Waals surface area contributed by atoms with Crippen molar-refractivity contribution in [3.63, 3.8) is 0 Å². The first kappa shape index (κ1) is 19.2. The fraction of sp³-hybridized carbons (Fsp3) is 0.391. The third kappa shape index (κ3) is 2.96. The average molecular weight is 396 g/mol. The van der Waals surface area contributed by atoms with Crippen LogP contribution in [0.25, 0.3) is 0 Å². The Bertz CT molecular complexity index is 945. The maximum Gasteiger partial charge on any atom is 0.153 e. The molecular formula is C23H26ClN3O. The maximum atomic E-state index is 11.8. The molecule has 4 nitrogen and oxygen atoms in total. The number of piperidine rings is 1. The molecule has 1 fully saturated rings. The molecule has 0 bridgehead atoms. The van der Waals surface area contributed by atoms with E-state index < -0.39 is 0 Å². The largest absolute Gasteiger partial charge is 0.317 e. The van der Waals surface area contributed by atoms with Gasteiger partial charge in [-0.05, 0) is 75.0 Å². The summed E-state index contributed by atoms with van der Waals surface area (Å²) in [5, 5.41) is 3.90. The highest BCUT2D eigenvalue weighted by atomic mass is 35.5. The normalized spacial score (nSPS) is 20.4. The van der Waals surface area contributed by atoms with E-state index in [2.05, 4.69) is 47.3 Å². The second kappa shape index (κ2) is 7.34. The van der Waals surface area contributed by atoms with Crippen LogP contribution in [0.15, 0.2) is 41.4 Å². The molecule has 4 rings (SSSR count). The lowest BCUT2D eigenvalue weighted by atomic mass is 9.83. The van der Waals surface area contributed by atoms with E-state index >= 15 is 0 Å². The van der Waals surface area contributed by atoms with Gasteiger partial charge in [-0.15, -0.1) is 0 Å². The molecule has 146 valence electrons. The van der Waals surface area contributed by atoms with Crippen molar-refractivity contribution in [2.45, 2.75) is 38.0 Å². The van der Waals surface area contributed by atoms with Gasteiger partial charge in [-0.3, -0.25) is 14.7 Å². The van der Waals surface area contributed by atoms with E-state index in [-0.39, 0.29) is 5.41 Å². The van der Waals surface area contributed by atoms with Crippen molar-refractivity contribution in [3.8, 4) is 0 Å². The molecule has 1 N–H and O–H groups in total. The van der Waals surface area contributed by atoms with E-state index in [0.717, 1.165) is 49.4 Å². The van der Waals surface area contributed by atoms with Gasteiger partial charge in [0, 0.05) is 12.5 Å². The van der Waals surface area contributed by atoms with E-state index in [1.54, 1.807) is 6.07 Å². The second-order valence-corrected chi connectivity index (χ2v) is 8.51. The predicted octanol–water partition coefficient (Wildman–Crippen LogP) is 5.08. The summed E-state index contributed by atoms with van der Waals surface area (Å²) in [5.41, 5.74) is 4.72. The second-order valence-electron chi connectivity index (χ2n) is 8.10. The van der Waals surface area contributed by atoms with Gasteiger partial charge in [-0.25, -0.2) is 0 Å². The summed E-state index contributed by atoms with van der Waals surface area (Å²) in [6.07, 6.45) is 3.13. The van der Waals surface area contributed by atoms with Crippen molar-refractivity contribution in [2.75, 3.05) is 25.0 Å². The lowest BCUT2D eigenvalue weighted by Gasteiger charge is -2.27. The van der Waals surface area contributed by atoms with Crippen LogP contribution in [0.5, 0.6) is 0 Å². The number of aliphatic imine (C=N–C) groups is 1. The molecule has 0 unspecified atom stereocenters. The van der Waals surface area contributed by atoms with Crippen LogP contribution >= 0.6 is 11.6 Å². The first-order valence-corrected chi connectivity index (χ1v) is 10.2. The zero-order valence-electron chi connectivity index (χ0n) is 16.6. The van der Waals surface area contributed by atoms with E-state index in [0.29, 0.717) is 16.5 Å². The number of hydrogen-bond donors (Lipinski definition) is 1. The average Bonchev–Trinajstić information content (AvgIpc) is 2.94. The van der Waals surface area contributed by atoms with E-state index in [9.17, 15) is 4.79 Å². The Balaban J connectivity index is 1.90. The van der Waals surface area contributed by atoms with Gasteiger partial charge in [0.25, 0.3) is 0 Å². The highest BCUT2D eigenvalue weighted by Gasteiger charge is 2.43. The quantitative estimate of drug-likeness (QED) is 0.737. The van der Waals surface area contributed by atoms with Crippen molar-refractivity contribution in [1.82, 2.24) is 5.32 Å². The third-order valence-corrected chi connectivity index (χ3v) is 6.45. The monoisotopic (exact) mass is 395 g/mol. The minimum Gasteiger partial charge on any atom is -0.317 e. The zero-order chi connectivity index (χ0) is 19.9. The van der Waals surface area contributed by atoms with Gasteiger partial charge >= 0.3 is 0 Å². The molecule has 2 aliphatic heterocycles. The van der Waals surface area contributed by atoms with Gasteiger partial charge in [0.2, 0.25) is 0 Å². The molecule has 2 aromatic carbocycles. The minimum absolute atomic E-state index is 0.251. The molecule has 0 aromatic heterocycles. The van der Waals surface area contributed by atoms with Crippen LogP contribution in [-0.2, 0) is 5.41 Å². The number of fused-ring (bicyclic) bond motifs is 1. The molecule has 0 saturated carbocycles. The Morgan fingerprint density at radius 3 is 2.61 bits per heavy atom. The smallest absolute Gasteiger partial charge is 0.153 e. The van der Waals surface area contributed by atoms with Gasteiger partial charge in [0.05, 0.1) is 22.0 Å². The van der Waals surface area contributed by atoms with Gasteiger partial charge in [-0.2, -0.15) is 0 Å². The van der Waals surface area contributed by atoms with Crippen LogP contribution < -0.4 is 10.2 Å². The highest BCUT2D eigenvalue weighted by Crippen LogP contribution is 2.48. The molecular weight excluding hydrogens is 370 g/mol. The summed E-state index contributed by atoms with van der Waals surface area (Å²) in [4.78, 5) is 18.6. The molecule has 2 aromatic rings. The zero-order valence-corrected chi connectivity index (χ0v) is 17.4. The molecule has 1 saturated heterocycles. The van der Waals surface area contributed by atoms with E-state index in [1.165, 1.54) is 11.1 Å². The summed E-state index contributed by atoms with van der Waals surface area (Å²) < 4.78 is 0. The van der Waals surface area contributed by atoms with Crippen LogP contribution in [0, 0.1) is 0 Å². The van der Waals surface area contributed by atoms with Crippen molar-refractivity contribution in [3.05, 3.63) is 58.1 Å². The van der Waals surface area contributed by atoms with Crippen LogP contribution in [0.2, 0.25) is 5.02 Å². The number of hydrogen-bond acceptors (Lipinski definition) is 3. The number of aldehydes is 1. The Kier molecular flexibility index (Phi) is 5.02. The van der Waals surface area contributed by atoms with Crippen molar-refractivity contribution in [2.24, 2.45) is 4.99 Å². The Labute approximate surface area is 171 Å². The molecule has 0 spiro atoms. The summed E-state index contributed by atoms with van der Waals surface area (Å²) >= 11 is 6.35. The predicted molar refractivity (Wildman–Crippen MR) is 117 cm³/mol. The number of halogens is 1. The van der Waals surface area contributed by atoms with Gasteiger partial charge < -0.3 is 5.32 Å². The number of carbonyl (C=O) groups is 1. The number of benzene rings is 2. The molecule has 0 radical (unpaired) electrons. The molecule has 2 heterocycles. The first-order chi connectivity index (χ1) is 13.5. The van der Waals surface area contributed by atoms with Gasteiger partial charge in [-0.1, -0.05) is 29.8 Å². The number of nitrogens with zero attached hydrogens (tertiary/aromatic N) is 2. The van der Waals surface area contributed by atoms with Crippen molar-refractivity contribution in [1.29, 1.82) is 0 Å². The number of anilines is 2. The molecule has 0 atom stereocenters. The van der Waals surface area contributed by atoms with Gasteiger partial charge in [0.1, 0.15) is 5.84 Å². The lowest BCUT2D eigenvalue weighted by molar-refractivity contribution is 0.112. The van der Waals surface area contributed by atoms with E-state index in [1.807, 2.05) is 19.2 Å². The molecule has 0 amide bonds. The lowest BCUT2D eigenvalue weighted by Crippen LogP contribution is -2.34. The van der Waals surface area contributed by atoms with Crippen LogP contribution in [0.3, 0.4) is 0 Å². The molecule has 2 aliphatic rings. The molecule has 0 aliphatic carbocycles. The fourth-order valence-electron chi connectivity index (χ4n) is 4.65. The summed E-state index contributed by atoms with van der Waals surface area (Å²) in [5.74, 6) is 1.49. The topological polar surface area (TPSA) is 44.7 Å². The minimum atomic E-state index is -0.251.